The SMILES string of the molecule is CCC(CC)O[C@@H]1C=C(C(=O)O)[C@@H]2CC[C@@]1(C(=O)O)[C@H]2OCOCCOC. The fraction of sp³-hybridized carbons (Fsp3) is 0.789. The van der Waals surface area contributed by atoms with Crippen LogP contribution >= 0.6 is 0 Å². The monoisotopic (exact) mass is 386 g/mol. The molecule has 0 saturated heterocycles. The summed E-state index contributed by atoms with van der Waals surface area (Å²) in [5, 5.41) is 19.7. The van der Waals surface area contributed by atoms with E-state index in [1.54, 1.807) is 7.11 Å². The summed E-state index contributed by atoms with van der Waals surface area (Å²) in [5.41, 5.74) is -1.14. The van der Waals surface area contributed by atoms with E-state index in [-0.39, 0.29) is 18.5 Å². The van der Waals surface area contributed by atoms with Crippen molar-refractivity contribution < 1.29 is 38.7 Å². The van der Waals surface area contributed by atoms with E-state index in [1.165, 1.54) is 6.08 Å². The Hall–Kier alpha value is -1.48. The van der Waals surface area contributed by atoms with E-state index in [0.717, 1.165) is 0 Å². The maximum atomic E-state index is 12.3. The molecule has 2 bridgehead atoms. The van der Waals surface area contributed by atoms with Crippen LogP contribution in [0.5, 0.6) is 0 Å². The van der Waals surface area contributed by atoms with Crippen molar-refractivity contribution in [2.75, 3.05) is 27.1 Å². The fourth-order valence-corrected chi connectivity index (χ4v) is 4.12. The van der Waals surface area contributed by atoms with E-state index in [1.807, 2.05) is 13.8 Å². The van der Waals surface area contributed by atoms with E-state index in [9.17, 15) is 19.8 Å². The van der Waals surface area contributed by atoms with Crippen LogP contribution in [0.2, 0.25) is 0 Å². The second-order valence-corrected chi connectivity index (χ2v) is 7.02. The molecular formula is C19H30O8. The fourth-order valence-electron chi connectivity index (χ4n) is 4.12. The van der Waals surface area contributed by atoms with Crippen molar-refractivity contribution in [3.63, 3.8) is 0 Å². The molecule has 2 N–H and O–H groups in total. The average molecular weight is 386 g/mol. The van der Waals surface area contributed by atoms with Gasteiger partial charge in [-0.05, 0) is 31.8 Å². The zero-order valence-electron chi connectivity index (χ0n) is 16.2. The lowest BCUT2D eigenvalue weighted by Gasteiger charge is -2.42. The van der Waals surface area contributed by atoms with Crippen LogP contribution in [0.3, 0.4) is 0 Å². The minimum Gasteiger partial charge on any atom is -0.481 e. The number of fused-ring (bicyclic) bond motifs is 2. The van der Waals surface area contributed by atoms with Gasteiger partial charge in [-0.15, -0.1) is 0 Å². The molecule has 1 saturated carbocycles. The summed E-state index contributed by atoms with van der Waals surface area (Å²) < 4.78 is 22.1. The first-order valence-electron chi connectivity index (χ1n) is 9.44. The van der Waals surface area contributed by atoms with Gasteiger partial charge in [0.05, 0.1) is 31.5 Å². The average Bonchev–Trinajstić information content (AvgIpc) is 2.92. The predicted octanol–water partition coefficient (Wildman–Crippen LogP) is 2.07. The number of methoxy groups -OCH3 is 1. The van der Waals surface area contributed by atoms with Crippen LogP contribution in [0, 0.1) is 11.3 Å². The summed E-state index contributed by atoms with van der Waals surface area (Å²) >= 11 is 0. The topological polar surface area (TPSA) is 112 Å². The zero-order valence-corrected chi connectivity index (χ0v) is 16.2. The third kappa shape index (κ3) is 4.34. The number of hydrogen-bond donors (Lipinski definition) is 2. The Kier molecular flexibility index (Phi) is 7.79. The van der Waals surface area contributed by atoms with Gasteiger partial charge in [-0.2, -0.15) is 0 Å². The number of carboxylic acids is 2. The van der Waals surface area contributed by atoms with Crippen molar-refractivity contribution in [3.05, 3.63) is 11.6 Å². The molecule has 0 radical (unpaired) electrons. The lowest BCUT2D eigenvalue weighted by molar-refractivity contribution is -0.195. The molecule has 0 amide bonds. The first-order valence-corrected chi connectivity index (χ1v) is 9.44. The highest BCUT2D eigenvalue weighted by molar-refractivity contribution is 5.90. The van der Waals surface area contributed by atoms with Crippen LogP contribution in [0.1, 0.15) is 39.5 Å². The summed E-state index contributed by atoms with van der Waals surface area (Å²) in [6.07, 6.45) is 1.83. The van der Waals surface area contributed by atoms with Gasteiger partial charge in [-0.3, -0.25) is 4.79 Å². The van der Waals surface area contributed by atoms with Crippen LogP contribution in [-0.4, -0.2) is 67.6 Å². The maximum absolute atomic E-state index is 12.3. The Morgan fingerprint density at radius 1 is 1.26 bits per heavy atom. The molecule has 8 heteroatoms. The Balaban J connectivity index is 2.30. The van der Waals surface area contributed by atoms with Gasteiger partial charge in [0.25, 0.3) is 0 Å². The van der Waals surface area contributed by atoms with Crippen LogP contribution < -0.4 is 0 Å². The van der Waals surface area contributed by atoms with Gasteiger partial charge in [0.1, 0.15) is 12.2 Å². The van der Waals surface area contributed by atoms with Gasteiger partial charge in [-0.25, -0.2) is 4.79 Å². The molecule has 0 aromatic heterocycles. The standard InChI is InChI=1S/C19H30O8/c1-4-12(5-2)27-15-10-14(17(20)21)13-6-7-19(15,18(22)23)16(13)26-11-25-9-8-24-3/h10,12-13,15-16H,4-9,11H2,1-3H3,(H,20,21)(H,22,23)/t13-,15+,16-,19-/m0/s1. The van der Waals surface area contributed by atoms with Crippen LogP contribution in [0.15, 0.2) is 11.6 Å². The molecule has 2 rings (SSSR count). The highest BCUT2D eigenvalue weighted by atomic mass is 16.7. The lowest BCUT2D eigenvalue weighted by Crippen LogP contribution is -2.55. The quantitative estimate of drug-likeness (QED) is 0.387. The minimum absolute atomic E-state index is 0.121. The molecule has 8 nitrogen and oxygen atoms in total. The molecule has 0 spiro atoms. The highest BCUT2D eigenvalue weighted by Gasteiger charge is 2.63. The van der Waals surface area contributed by atoms with Gasteiger partial charge < -0.3 is 29.2 Å². The van der Waals surface area contributed by atoms with Gasteiger partial charge in [0.2, 0.25) is 0 Å². The summed E-state index contributed by atoms with van der Waals surface area (Å²) in [5.74, 6) is -2.58. The molecule has 0 aromatic carbocycles. The molecule has 154 valence electrons. The molecule has 0 aromatic rings. The number of rotatable bonds is 12. The Bertz CT molecular complexity index is 556. The van der Waals surface area contributed by atoms with E-state index in [2.05, 4.69) is 0 Å². The number of carboxylic acid groups (broad SMARTS) is 2. The third-order valence-electron chi connectivity index (χ3n) is 5.64. The van der Waals surface area contributed by atoms with E-state index < -0.39 is 35.5 Å². The van der Waals surface area contributed by atoms with E-state index in [4.69, 9.17) is 18.9 Å². The molecule has 2 aliphatic rings. The maximum Gasteiger partial charge on any atom is 0.331 e. The molecule has 0 aliphatic heterocycles. The largest absolute Gasteiger partial charge is 0.481 e. The molecule has 4 atom stereocenters. The molecule has 0 heterocycles. The van der Waals surface area contributed by atoms with Gasteiger partial charge in [0, 0.05) is 18.6 Å². The number of aliphatic carboxylic acids is 2. The smallest absolute Gasteiger partial charge is 0.331 e. The first kappa shape index (κ1) is 21.8. The van der Waals surface area contributed by atoms with Crippen molar-refractivity contribution in [2.45, 2.75) is 57.8 Å². The van der Waals surface area contributed by atoms with Crippen LogP contribution in [-0.2, 0) is 28.5 Å². The van der Waals surface area contributed by atoms with Crippen LogP contribution in [0.25, 0.3) is 0 Å². The number of carbonyl (C=O) groups is 2. The normalized spacial score (nSPS) is 29.8. The van der Waals surface area contributed by atoms with Crippen LogP contribution in [0.4, 0.5) is 0 Å². The van der Waals surface area contributed by atoms with Gasteiger partial charge in [0.15, 0.2) is 0 Å². The van der Waals surface area contributed by atoms with Crippen molar-refractivity contribution in [2.24, 2.45) is 11.3 Å². The number of ether oxygens (including phenoxy) is 4. The highest BCUT2D eigenvalue weighted by Crippen LogP contribution is 2.54. The summed E-state index contributed by atoms with van der Waals surface area (Å²) in [6, 6.07) is 0. The summed E-state index contributed by atoms with van der Waals surface area (Å²) in [7, 11) is 1.55. The molecule has 1 fully saturated rings. The molecule has 0 unspecified atom stereocenters. The van der Waals surface area contributed by atoms with Crippen molar-refractivity contribution in [1.29, 1.82) is 0 Å². The Morgan fingerprint density at radius 2 is 1.96 bits per heavy atom. The minimum atomic E-state index is -1.31. The summed E-state index contributed by atoms with van der Waals surface area (Å²) in [4.78, 5) is 24.1. The lowest BCUT2D eigenvalue weighted by atomic mass is 9.71. The summed E-state index contributed by atoms with van der Waals surface area (Å²) in [6.45, 7) is 4.50. The van der Waals surface area contributed by atoms with Crippen molar-refractivity contribution in [3.8, 4) is 0 Å². The molecule has 27 heavy (non-hydrogen) atoms. The Morgan fingerprint density at radius 3 is 2.52 bits per heavy atom. The number of hydrogen-bond acceptors (Lipinski definition) is 6. The van der Waals surface area contributed by atoms with Gasteiger partial charge in [-0.1, -0.05) is 13.8 Å². The second-order valence-electron chi connectivity index (χ2n) is 7.02. The third-order valence-corrected chi connectivity index (χ3v) is 5.64. The predicted molar refractivity (Wildman–Crippen MR) is 95.3 cm³/mol. The van der Waals surface area contributed by atoms with E-state index in [0.29, 0.717) is 38.9 Å². The Labute approximate surface area is 159 Å². The van der Waals surface area contributed by atoms with Crippen molar-refractivity contribution in [1.82, 2.24) is 0 Å². The van der Waals surface area contributed by atoms with Gasteiger partial charge >= 0.3 is 11.9 Å². The zero-order chi connectivity index (χ0) is 20.0. The first-order chi connectivity index (χ1) is 12.9. The molecule has 2 aliphatic carbocycles. The van der Waals surface area contributed by atoms with E-state index >= 15 is 0 Å². The van der Waals surface area contributed by atoms with Crippen molar-refractivity contribution >= 4 is 11.9 Å². The second kappa shape index (κ2) is 9.64. The molecular weight excluding hydrogens is 356 g/mol.